The Balaban J connectivity index is 1.51. The molecule has 1 fully saturated rings. The van der Waals surface area contributed by atoms with Gasteiger partial charge in [-0.2, -0.15) is 0 Å². The van der Waals surface area contributed by atoms with Crippen molar-refractivity contribution in [3.63, 3.8) is 0 Å². The van der Waals surface area contributed by atoms with Crippen LogP contribution < -0.4 is 14.2 Å². The third-order valence-corrected chi connectivity index (χ3v) is 5.09. The molecule has 11 heteroatoms. The van der Waals surface area contributed by atoms with E-state index < -0.39 is 39.4 Å². The molecule has 0 unspecified atom stereocenters. The van der Waals surface area contributed by atoms with Crippen LogP contribution in [0.2, 0.25) is 0 Å². The van der Waals surface area contributed by atoms with Gasteiger partial charge in [0.25, 0.3) is 11.4 Å². The van der Waals surface area contributed by atoms with Crippen LogP contribution in [0.1, 0.15) is 36.0 Å². The van der Waals surface area contributed by atoms with Crippen LogP contribution in [0.4, 0.5) is 11.4 Å². The number of nitro benzene ring substituents is 2. The van der Waals surface area contributed by atoms with Crippen molar-refractivity contribution in [2.24, 2.45) is 0 Å². The topological polar surface area (TPSA) is 140 Å². The van der Waals surface area contributed by atoms with Crippen molar-refractivity contribution < 1.29 is 33.6 Å². The SMILES string of the molecule is O=C(O[C@@H]1CCCC[C@H]1Oc1ccc2c(c1)OCO2)c1cc([N+](=O)[O-])cc([N+](=O)[O-])c1. The number of benzene rings is 2. The zero-order valence-electron chi connectivity index (χ0n) is 16.2. The predicted octanol–water partition coefficient (Wildman–Crippen LogP) is 3.78. The third kappa shape index (κ3) is 4.49. The second-order valence-corrected chi connectivity index (χ2v) is 7.15. The number of fused-ring (bicyclic) bond motifs is 1. The van der Waals surface area contributed by atoms with Crippen molar-refractivity contribution in [3.05, 3.63) is 62.2 Å². The molecule has 0 amide bonds. The Bertz CT molecular complexity index is 1010. The highest BCUT2D eigenvalue weighted by Crippen LogP contribution is 2.36. The highest BCUT2D eigenvalue weighted by Gasteiger charge is 2.32. The molecule has 1 saturated carbocycles. The van der Waals surface area contributed by atoms with Crippen LogP contribution in [0.25, 0.3) is 0 Å². The lowest BCUT2D eigenvalue weighted by molar-refractivity contribution is -0.394. The van der Waals surface area contributed by atoms with Gasteiger partial charge in [-0.25, -0.2) is 4.79 Å². The van der Waals surface area contributed by atoms with E-state index in [-0.39, 0.29) is 12.4 Å². The minimum absolute atomic E-state index is 0.137. The van der Waals surface area contributed by atoms with Crippen molar-refractivity contribution >= 4 is 17.3 Å². The van der Waals surface area contributed by atoms with E-state index in [4.69, 9.17) is 18.9 Å². The number of carbonyl (C=O) groups excluding carboxylic acids is 1. The molecule has 11 nitrogen and oxygen atoms in total. The van der Waals surface area contributed by atoms with Gasteiger partial charge < -0.3 is 18.9 Å². The van der Waals surface area contributed by atoms with Gasteiger partial charge in [0.1, 0.15) is 18.0 Å². The highest BCUT2D eigenvalue weighted by molar-refractivity contribution is 5.91. The molecule has 2 aromatic rings. The predicted molar refractivity (Wildman–Crippen MR) is 104 cm³/mol. The Morgan fingerprint density at radius 1 is 0.903 bits per heavy atom. The Kier molecular flexibility index (Phi) is 5.56. The van der Waals surface area contributed by atoms with Gasteiger partial charge in [-0.05, 0) is 37.8 Å². The smallest absolute Gasteiger partial charge is 0.339 e. The molecular weight excluding hydrogens is 412 g/mol. The zero-order valence-corrected chi connectivity index (χ0v) is 16.2. The van der Waals surface area contributed by atoms with Crippen molar-refractivity contribution in [1.29, 1.82) is 0 Å². The number of non-ortho nitro benzene ring substituents is 2. The normalized spacial score (nSPS) is 19.5. The monoisotopic (exact) mass is 430 g/mol. The quantitative estimate of drug-likeness (QED) is 0.380. The van der Waals surface area contributed by atoms with Gasteiger partial charge in [-0.3, -0.25) is 20.2 Å². The molecule has 0 radical (unpaired) electrons. The van der Waals surface area contributed by atoms with Gasteiger partial charge in [0.05, 0.1) is 21.5 Å². The molecule has 1 heterocycles. The summed E-state index contributed by atoms with van der Waals surface area (Å²) in [5, 5.41) is 22.1. The Morgan fingerprint density at radius 2 is 1.55 bits per heavy atom. The van der Waals surface area contributed by atoms with Crippen molar-refractivity contribution in [1.82, 2.24) is 0 Å². The van der Waals surface area contributed by atoms with Gasteiger partial charge in [0, 0.05) is 18.2 Å². The summed E-state index contributed by atoms with van der Waals surface area (Å²) in [5.41, 5.74) is -1.37. The van der Waals surface area contributed by atoms with Crippen LogP contribution in [0.15, 0.2) is 36.4 Å². The lowest BCUT2D eigenvalue weighted by atomic mass is 9.94. The van der Waals surface area contributed by atoms with Gasteiger partial charge in [0.15, 0.2) is 11.5 Å². The molecule has 2 aromatic carbocycles. The first kappa shape index (κ1) is 20.4. The number of ether oxygens (including phenoxy) is 4. The Morgan fingerprint density at radius 3 is 2.23 bits per heavy atom. The molecule has 0 saturated heterocycles. The van der Waals surface area contributed by atoms with E-state index in [1.165, 1.54) is 0 Å². The maximum atomic E-state index is 12.7. The molecule has 0 bridgehead atoms. The second kappa shape index (κ2) is 8.46. The number of nitrogens with zero attached hydrogens (tertiary/aromatic N) is 2. The lowest BCUT2D eigenvalue weighted by Gasteiger charge is -2.31. The van der Waals surface area contributed by atoms with E-state index in [1.54, 1.807) is 18.2 Å². The summed E-state index contributed by atoms with van der Waals surface area (Å²) in [6, 6.07) is 7.87. The molecule has 2 atom stereocenters. The number of rotatable bonds is 6. The summed E-state index contributed by atoms with van der Waals surface area (Å²) >= 11 is 0. The van der Waals surface area contributed by atoms with Crippen molar-refractivity contribution in [3.8, 4) is 17.2 Å². The zero-order chi connectivity index (χ0) is 22.0. The van der Waals surface area contributed by atoms with E-state index in [0.717, 1.165) is 31.0 Å². The molecule has 1 aliphatic carbocycles. The van der Waals surface area contributed by atoms with Gasteiger partial charge in [-0.1, -0.05) is 0 Å². The second-order valence-electron chi connectivity index (χ2n) is 7.15. The summed E-state index contributed by atoms with van der Waals surface area (Å²) in [6.07, 6.45) is 1.83. The minimum Gasteiger partial charge on any atom is -0.486 e. The molecular formula is C20H18N2O9. The summed E-state index contributed by atoms with van der Waals surface area (Å²) in [6.45, 7) is 0.137. The summed E-state index contributed by atoms with van der Waals surface area (Å²) < 4.78 is 22.2. The molecule has 2 aliphatic rings. The molecule has 162 valence electrons. The first-order chi connectivity index (χ1) is 14.9. The number of hydrogen-bond acceptors (Lipinski definition) is 9. The number of esters is 1. The number of carbonyl (C=O) groups is 1. The molecule has 0 aromatic heterocycles. The molecule has 0 N–H and O–H groups in total. The van der Waals surface area contributed by atoms with E-state index in [1.807, 2.05) is 0 Å². The maximum absolute atomic E-state index is 12.7. The molecule has 31 heavy (non-hydrogen) atoms. The minimum atomic E-state index is -0.877. The van der Waals surface area contributed by atoms with E-state index in [9.17, 15) is 25.0 Å². The van der Waals surface area contributed by atoms with E-state index in [2.05, 4.69) is 0 Å². The largest absolute Gasteiger partial charge is 0.486 e. The van der Waals surface area contributed by atoms with E-state index in [0.29, 0.717) is 30.1 Å². The average Bonchev–Trinajstić information content (AvgIpc) is 3.22. The van der Waals surface area contributed by atoms with Gasteiger partial charge in [0.2, 0.25) is 6.79 Å². The first-order valence-corrected chi connectivity index (χ1v) is 9.62. The Labute approximate surface area is 175 Å². The van der Waals surface area contributed by atoms with Crippen molar-refractivity contribution in [2.45, 2.75) is 37.9 Å². The van der Waals surface area contributed by atoms with E-state index >= 15 is 0 Å². The third-order valence-electron chi connectivity index (χ3n) is 5.09. The van der Waals surface area contributed by atoms with Crippen LogP contribution in [0.5, 0.6) is 17.2 Å². The standard InChI is InChI=1S/C20H18N2O9/c23-20(12-7-13(21(24)25)9-14(8-12)22(26)27)31-18-4-2-1-3-17(18)30-15-5-6-16-19(10-15)29-11-28-16/h5-10,17-18H,1-4,11H2/t17-,18-/m1/s1. The molecule has 0 spiro atoms. The summed E-state index contributed by atoms with van der Waals surface area (Å²) in [7, 11) is 0. The van der Waals surface area contributed by atoms with Crippen LogP contribution in [0.3, 0.4) is 0 Å². The summed E-state index contributed by atoms with van der Waals surface area (Å²) in [5.74, 6) is 0.832. The van der Waals surface area contributed by atoms with Crippen LogP contribution in [-0.4, -0.2) is 34.8 Å². The fourth-order valence-electron chi connectivity index (χ4n) is 3.59. The molecule has 4 rings (SSSR count). The average molecular weight is 430 g/mol. The van der Waals surface area contributed by atoms with Crippen LogP contribution in [-0.2, 0) is 4.74 Å². The molecule has 1 aliphatic heterocycles. The summed E-state index contributed by atoms with van der Waals surface area (Å²) in [4.78, 5) is 33.2. The first-order valence-electron chi connectivity index (χ1n) is 9.62. The van der Waals surface area contributed by atoms with Gasteiger partial charge in [-0.15, -0.1) is 0 Å². The number of nitro groups is 2. The van der Waals surface area contributed by atoms with Crippen LogP contribution in [0, 0.1) is 20.2 Å². The highest BCUT2D eigenvalue weighted by atomic mass is 16.7. The Hall–Kier alpha value is -3.89. The maximum Gasteiger partial charge on any atom is 0.339 e. The van der Waals surface area contributed by atoms with Crippen LogP contribution >= 0.6 is 0 Å². The van der Waals surface area contributed by atoms with Gasteiger partial charge >= 0.3 is 5.97 Å². The lowest BCUT2D eigenvalue weighted by Crippen LogP contribution is -2.38. The number of hydrogen-bond donors (Lipinski definition) is 0. The fourth-order valence-corrected chi connectivity index (χ4v) is 3.59. The van der Waals surface area contributed by atoms with Crippen molar-refractivity contribution in [2.75, 3.05) is 6.79 Å². The fraction of sp³-hybridized carbons (Fsp3) is 0.350.